The van der Waals surface area contributed by atoms with Gasteiger partial charge in [-0.2, -0.15) is 0 Å². The summed E-state index contributed by atoms with van der Waals surface area (Å²) in [5.41, 5.74) is 6.95. The van der Waals surface area contributed by atoms with Crippen molar-refractivity contribution < 1.29 is 4.74 Å². The third-order valence-corrected chi connectivity index (χ3v) is 4.46. The first-order chi connectivity index (χ1) is 9.78. The number of hydrogen-bond donors (Lipinski definition) is 2. The van der Waals surface area contributed by atoms with Crippen molar-refractivity contribution in [2.45, 2.75) is 65.2 Å². The van der Waals surface area contributed by atoms with E-state index in [-0.39, 0.29) is 6.04 Å². The first-order valence-corrected chi connectivity index (χ1v) is 7.94. The molecule has 1 heterocycles. The lowest BCUT2D eigenvalue weighted by atomic mass is 9.88. The van der Waals surface area contributed by atoms with Crippen molar-refractivity contribution in [3.63, 3.8) is 0 Å². The number of rotatable bonds is 8. The van der Waals surface area contributed by atoms with Crippen LogP contribution in [-0.2, 0) is 18.0 Å². The summed E-state index contributed by atoms with van der Waals surface area (Å²) in [6.45, 7) is 6.04. The molecule has 1 aliphatic heterocycles. The maximum atomic E-state index is 5.80. The highest BCUT2D eigenvalue weighted by molar-refractivity contribution is 5.34. The molecule has 0 fully saturated rings. The lowest BCUT2D eigenvalue weighted by Crippen LogP contribution is -2.29. The van der Waals surface area contributed by atoms with Gasteiger partial charge >= 0.3 is 0 Å². The van der Waals surface area contributed by atoms with Crippen LogP contribution in [0.5, 0.6) is 0 Å². The molecule has 3 N–H and O–H groups in total. The monoisotopic (exact) mass is 276 g/mol. The molecule has 2 atom stereocenters. The van der Waals surface area contributed by atoms with E-state index < -0.39 is 0 Å². The van der Waals surface area contributed by atoms with E-state index in [0.29, 0.717) is 0 Å². The van der Waals surface area contributed by atoms with E-state index in [1.165, 1.54) is 42.4 Å². The van der Waals surface area contributed by atoms with Gasteiger partial charge in [-0.3, -0.25) is 11.3 Å². The fourth-order valence-electron chi connectivity index (χ4n) is 3.02. The third kappa shape index (κ3) is 3.81. The molecule has 1 aromatic rings. The van der Waals surface area contributed by atoms with Crippen molar-refractivity contribution >= 4 is 0 Å². The van der Waals surface area contributed by atoms with Crippen molar-refractivity contribution in [3.8, 4) is 0 Å². The second kappa shape index (κ2) is 7.77. The molecule has 0 bridgehead atoms. The molecular formula is C17H28N2O. The molecule has 20 heavy (non-hydrogen) atoms. The first-order valence-electron chi connectivity index (χ1n) is 7.94. The van der Waals surface area contributed by atoms with Crippen LogP contribution < -0.4 is 11.3 Å². The molecule has 0 amide bonds. The number of hydrogen-bond acceptors (Lipinski definition) is 3. The quantitative estimate of drug-likeness (QED) is 0.560. The summed E-state index contributed by atoms with van der Waals surface area (Å²) in [4.78, 5) is 0. The molecule has 2 rings (SSSR count). The SMILES string of the molecule is CCCCC(CC)CC(NN)c1ccc2c(c1)COC2. The molecule has 3 nitrogen and oxygen atoms in total. The van der Waals surface area contributed by atoms with Crippen LogP contribution in [0.15, 0.2) is 18.2 Å². The highest BCUT2D eigenvalue weighted by Gasteiger charge is 2.18. The molecule has 2 unspecified atom stereocenters. The maximum Gasteiger partial charge on any atom is 0.0725 e. The number of nitrogens with one attached hydrogen (secondary N) is 1. The Morgan fingerprint density at radius 1 is 1.25 bits per heavy atom. The normalized spacial score (nSPS) is 16.9. The van der Waals surface area contributed by atoms with Crippen LogP contribution in [0.4, 0.5) is 0 Å². The molecule has 0 saturated carbocycles. The Morgan fingerprint density at radius 2 is 2.05 bits per heavy atom. The number of ether oxygens (including phenoxy) is 1. The van der Waals surface area contributed by atoms with Crippen LogP contribution >= 0.6 is 0 Å². The molecule has 0 radical (unpaired) electrons. The smallest absolute Gasteiger partial charge is 0.0725 e. The minimum absolute atomic E-state index is 0.253. The summed E-state index contributed by atoms with van der Waals surface area (Å²) < 4.78 is 5.49. The predicted octanol–water partition coefficient (Wildman–Crippen LogP) is 3.83. The minimum Gasteiger partial charge on any atom is -0.372 e. The molecule has 3 heteroatoms. The van der Waals surface area contributed by atoms with Gasteiger partial charge in [-0.25, -0.2) is 0 Å². The lowest BCUT2D eigenvalue weighted by Gasteiger charge is -2.23. The first kappa shape index (κ1) is 15.5. The zero-order valence-corrected chi connectivity index (χ0v) is 12.8. The number of benzene rings is 1. The Labute approximate surface area is 122 Å². The van der Waals surface area contributed by atoms with Gasteiger partial charge in [-0.15, -0.1) is 0 Å². The summed E-state index contributed by atoms with van der Waals surface area (Å²) in [7, 11) is 0. The minimum atomic E-state index is 0.253. The molecule has 0 saturated heterocycles. The lowest BCUT2D eigenvalue weighted by molar-refractivity contribution is 0.134. The molecule has 0 aliphatic carbocycles. The molecule has 0 spiro atoms. The summed E-state index contributed by atoms with van der Waals surface area (Å²) in [5.74, 6) is 6.55. The van der Waals surface area contributed by atoms with Crippen molar-refractivity contribution in [2.24, 2.45) is 11.8 Å². The van der Waals surface area contributed by atoms with Gasteiger partial charge in [-0.1, -0.05) is 57.7 Å². The van der Waals surface area contributed by atoms with Gasteiger partial charge in [0.25, 0.3) is 0 Å². The Kier molecular flexibility index (Phi) is 6.02. The summed E-state index contributed by atoms with van der Waals surface area (Å²) in [5, 5.41) is 0. The zero-order chi connectivity index (χ0) is 14.4. The van der Waals surface area contributed by atoms with E-state index in [4.69, 9.17) is 10.6 Å². The van der Waals surface area contributed by atoms with Crippen LogP contribution in [-0.4, -0.2) is 0 Å². The second-order valence-corrected chi connectivity index (χ2v) is 5.89. The molecule has 1 aliphatic rings. The second-order valence-electron chi connectivity index (χ2n) is 5.89. The highest BCUT2D eigenvalue weighted by atomic mass is 16.5. The average molecular weight is 276 g/mol. The summed E-state index contributed by atoms with van der Waals surface area (Å²) >= 11 is 0. The van der Waals surface area contributed by atoms with Gasteiger partial charge in [0.1, 0.15) is 0 Å². The standard InChI is InChI=1S/C17H28N2O/c1-3-5-6-13(4-2)9-17(19-18)14-7-8-15-11-20-12-16(15)10-14/h7-8,10,13,17,19H,3-6,9,11-12,18H2,1-2H3. The molecule has 0 aromatic heterocycles. The molecule has 1 aromatic carbocycles. The number of unbranched alkanes of at least 4 members (excludes halogenated alkanes) is 1. The Balaban J connectivity index is 2.03. The van der Waals surface area contributed by atoms with Gasteiger partial charge < -0.3 is 4.74 Å². The van der Waals surface area contributed by atoms with Crippen molar-refractivity contribution in [2.75, 3.05) is 0 Å². The molecule has 112 valence electrons. The van der Waals surface area contributed by atoms with Crippen LogP contribution in [0.2, 0.25) is 0 Å². The third-order valence-electron chi connectivity index (χ3n) is 4.46. The van der Waals surface area contributed by atoms with Crippen LogP contribution in [0, 0.1) is 5.92 Å². The van der Waals surface area contributed by atoms with Gasteiger partial charge in [0.15, 0.2) is 0 Å². The molecular weight excluding hydrogens is 248 g/mol. The van der Waals surface area contributed by atoms with Crippen molar-refractivity contribution in [3.05, 3.63) is 34.9 Å². The Hall–Kier alpha value is -0.900. The zero-order valence-electron chi connectivity index (χ0n) is 12.8. The van der Waals surface area contributed by atoms with Crippen molar-refractivity contribution in [1.29, 1.82) is 0 Å². The van der Waals surface area contributed by atoms with E-state index >= 15 is 0 Å². The van der Waals surface area contributed by atoms with E-state index in [9.17, 15) is 0 Å². The highest BCUT2D eigenvalue weighted by Crippen LogP contribution is 2.29. The average Bonchev–Trinajstić information content (AvgIpc) is 2.95. The fraction of sp³-hybridized carbons (Fsp3) is 0.647. The van der Waals surface area contributed by atoms with Gasteiger partial charge in [-0.05, 0) is 29.0 Å². The van der Waals surface area contributed by atoms with E-state index in [1.807, 2.05) is 0 Å². The fourth-order valence-corrected chi connectivity index (χ4v) is 3.02. The number of nitrogens with two attached hydrogens (primary N) is 1. The van der Waals surface area contributed by atoms with Crippen molar-refractivity contribution in [1.82, 2.24) is 5.43 Å². The van der Waals surface area contributed by atoms with E-state index in [1.54, 1.807) is 0 Å². The maximum absolute atomic E-state index is 5.80. The van der Waals surface area contributed by atoms with E-state index in [2.05, 4.69) is 37.5 Å². The van der Waals surface area contributed by atoms with Crippen LogP contribution in [0.25, 0.3) is 0 Å². The number of hydrazine groups is 1. The summed E-state index contributed by atoms with van der Waals surface area (Å²) in [6.07, 6.45) is 6.24. The van der Waals surface area contributed by atoms with Gasteiger partial charge in [0.05, 0.1) is 13.2 Å². The topological polar surface area (TPSA) is 47.3 Å². The Morgan fingerprint density at radius 3 is 2.75 bits per heavy atom. The largest absolute Gasteiger partial charge is 0.372 e. The van der Waals surface area contributed by atoms with Gasteiger partial charge in [0.2, 0.25) is 0 Å². The van der Waals surface area contributed by atoms with E-state index in [0.717, 1.165) is 25.6 Å². The Bertz CT molecular complexity index is 419. The van der Waals surface area contributed by atoms with Crippen LogP contribution in [0.3, 0.4) is 0 Å². The predicted molar refractivity (Wildman–Crippen MR) is 82.9 cm³/mol. The number of fused-ring (bicyclic) bond motifs is 1. The summed E-state index contributed by atoms with van der Waals surface area (Å²) in [6, 6.07) is 6.90. The van der Waals surface area contributed by atoms with Gasteiger partial charge in [0, 0.05) is 6.04 Å². The van der Waals surface area contributed by atoms with Crippen LogP contribution in [0.1, 0.15) is 68.7 Å².